The number of rotatable bonds is 2. The van der Waals surface area contributed by atoms with E-state index < -0.39 is 0 Å². The summed E-state index contributed by atoms with van der Waals surface area (Å²) in [5.74, 6) is 0. The van der Waals surface area contributed by atoms with Crippen molar-refractivity contribution in [2.24, 2.45) is 0 Å². The second-order valence-electron chi connectivity index (χ2n) is 3.67. The van der Waals surface area contributed by atoms with Crippen molar-refractivity contribution in [3.05, 3.63) is 53.1 Å². The molecule has 1 heterocycles. The second-order valence-corrected chi connectivity index (χ2v) is 3.67. The molecule has 0 aliphatic carbocycles. The Hall–Kier alpha value is -1.57. The zero-order valence-corrected chi connectivity index (χ0v) is 8.54. The fraction of sp³-hybridized carbons (Fsp3) is 0.250. The number of nitrogens with zero attached hydrogens (tertiary/aromatic N) is 1. The van der Waals surface area contributed by atoms with Crippen molar-refractivity contribution in [1.82, 2.24) is 9.97 Å². The number of aromatic amines is 1. The van der Waals surface area contributed by atoms with Crippen molar-refractivity contribution in [3.8, 4) is 0 Å². The minimum absolute atomic E-state index is 0.914. The summed E-state index contributed by atoms with van der Waals surface area (Å²) in [6, 6.07) is 6.53. The van der Waals surface area contributed by atoms with E-state index in [-0.39, 0.29) is 0 Å². The Labute approximate surface area is 84.0 Å². The highest BCUT2D eigenvalue weighted by molar-refractivity contribution is 5.32. The molecule has 0 fully saturated rings. The summed E-state index contributed by atoms with van der Waals surface area (Å²) < 4.78 is 0. The molecule has 0 saturated carbocycles. The van der Waals surface area contributed by atoms with Gasteiger partial charge < -0.3 is 4.98 Å². The van der Waals surface area contributed by atoms with E-state index in [2.05, 4.69) is 42.0 Å². The van der Waals surface area contributed by atoms with Gasteiger partial charge in [-0.1, -0.05) is 23.8 Å². The van der Waals surface area contributed by atoms with Crippen molar-refractivity contribution in [1.29, 1.82) is 0 Å². The molecule has 2 aromatic rings. The molecule has 72 valence electrons. The quantitative estimate of drug-likeness (QED) is 0.767. The maximum absolute atomic E-state index is 4.23. The number of H-pyrrole nitrogens is 1. The maximum Gasteiger partial charge on any atom is 0.0923 e. The number of nitrogens with one attached hydrogen (secondary N) is 1. The van der Waals surface area contributed by atoms with Crippen LogP contribution in [0.1, 0.15) is 22.4 Å². The molecule has 1 aromatic carbocycles. The molecule has 0 unspecified atom stereocenters. The van der Waals surface area contributed by atoms with Crippen LogP contribution in [0.5, 0.6) is 0 Å². The second kappa shape index (κ2) is 3.66. The van der Waals surface area contributed by atoms with Crippen LogP contribution in [0.25, 0.3) is 0 Å². The minimum Gasteiger partial charge on any atom is -0.351 e. The van der Waals surface area contributed by atoms with Gasteiger partial charge in [0.25, 0.3) is 0 Å². The summed E-state index contributed by atoms with van der Waals surface area (Å²) in [4.78, 5) is 7.20. The first kappa shape index (κ1) is 9.00. The molecule has 1 aromatic heterocycles. The normalized spacial score (nSPS) is 10.4. The zero-order chi connectivity index (χ0) is 9.97. The molecule has 0 spiro atoms. The smallest absolute Gasteiger partial charge is 0.0923 e. The van der Waals surface area contributed by atoms with Crippen LogP contribution >= 0.6 is 0 Å². The summed E-state index contributed by atoms with van der Waals surface area (Å²) in [5, 5.41) is 0. The highest BCUT2D eigenvalue weighted by atomic mass is 14.9. The van der Waals surface area contributed by atoms with Crippen molar-refractivity contribution in [2.45, 2.75) is 20.3 Å². The summed E-state index contributed by atoms with van der Waals surface area (Å²) in [5.41, 5.74) is 5.09. The molecule has 14 heavy (non-hydrogen) atoms. The average Bonchev–Trinajstić information content (AvgIpc) is 2.64. The molecule has 2 rings (SSSR count). The van der Waals surface area contributed by atoms with E-state index in [1.54, 1.807) is 6.33 Å². The van der Waals surface area contributed by atoms with Gasteiger partial charge in [0.1, 0.15) is 0 Å². The van der Waals surface area contributed by atoms with Gasteiger partial charge in [0.2, 0.25) is 0 Å². The monoisotopic (exact) mass is 186 g/mol. The third-order valence-electron chi connectivity index (χ3n) is 2.43. The number of imidazole rings is 1. The van der Waals surface area contributed by atoms with Gasteiger partial charge in [-0.2, -0.15) is 0 Å². The highest BCUT2D eigenvalue weighted by Gasteiger charge is 2.01. The van der Waals surface area contributed by atoms with Gasteiger partial charge in [-0.25, -0.2) is 4.98 Å². The Morgan fingerprint density at radius 3 is 2.86 bits per heavy atom. The zero-order valence-electron chi connectivity index (χ0n) is 8.54. The number of hydrogen-bond donors (Lipinski definition) is 1. The molecule has 0 bridgehead atoms. The SMILES string of the molecule is Cc1ccc(C)c(Cc2c[nH]cn2)c1. The Morgan fingerprint density at radius 1 is 1.29 bits per heavy atom. The summed E-state index contributed by atoms with van der Waals surface area (Å²) in [6.45, 7) is 4.26. The molecule has 0 amide bonds. The first-order valence-corrected chi connectivity index (χ1v) is 4.79. The first-order chi connectivity index (χ1) is 6.75. The number of aryl methyl sites for hydroxylation is 2. The van der Waals surface area contributed by atoms with Crippen molar-refractivity contribution in [3.63, 3.8) is 0 Å². The van der Waals surface area contributed by atoms with E-state index >= 15 is 0 Å². The van der Waals surface area contributed by atoms with Crippen molar-refractivity contribution in [2.75, 3.05) is 0 Å². The minimum atomic E-state index is 0.914. The van der Waals surface area contributed by atoms with E-state index in [0.717, 1.165) is 12.1 Å². The van der Waals surface area contributed by atoms with Gasteiger partial charge in [-0.05, 0) is 25.0 Å². The summed E-state index contributed by atoms with van der Waals surface area (Å²) in [7, 11) is 0. The Kier molecular flexibility index (Phi) is 2.35. The predicted octanol–water partition coefficient (Wildman–Crippen LogP) is 2.62. The van der Waals surface area contributed by atoms with Crippen molar-refractivity contribution >= 4 is 0 Å². The van der Waals surface area contributed by atoms with E-state index in [0.29, 0.717) is 0 Å². The molecule has 0 aliphatic rings. The molecule has 0 saturated heterocycles. The van der Waals surface area contributed by atoms with Crippen LogP contribution in [-0.4, -0.2) is 9.97 Å². The van der Waals surface area contributed by atoms with E-state index in [9.17, 15) is 0 Å². The third-order valence-corrected chi connectivity index (χ3v) is 2.43. The fourth-order valence-electron chi connectivity index (χ4n) is 1.57. The van der Waals surface area contributed by atoms with Gasteiger partial charge >= 0.3 is 0 Å². The maximum atomic E-state index is 4.23. The van der Waals surface area contributed by atoms with Crippen LogP contribution < -0.4 is 0 Å². The molecule has 1 N–H and O–H groups in total. The lowest BCUT2D eigenvalue weighted by Crippen LogP contribution is -1.92. The number of aromatic nitrogens is 2. The van der Waals surface area contributed by atoms with E-state index in [1.165, 1.54) is 16.7 Å². The summed E-state index contributed by atoms with van der Waals surface area (Å²) in [6.07, 6.45) is 4.58. The Morgan fingerprint density at radius 2 is 2.14 bits per heavy atom. The Bertz CT molecular complexity index is 416. The molecule has 0 atom stereocenters. The largest absolute Gasteiger partial charge is 0.351 e. The topological polar surface area (TPSA) is 28.7 Å². The summed E-state index contributed by atoms with van der Waals surface area (Å²) >= 11 is 0. The van der Waals surface area contributed by atoms with Crippen molar-refractivity contribution < 1.29 is 0 Å². The number of hydrogen-bond acceptors (Lipinski definition) is 1. The molecule has 0 radical (unpaired) electrons. The van der Waals surface area contributed by atoms with E-state index in [4.69, 9.17) is 0 Å². The van der Waals surface area contributed by atoms with Crippen LogP contribution in [0.3, 0.4) is 0 Å². The predicted molar refractivity (Wildman–Crippen MR) is 57.3 cm³/mol. The molecule has 2 nitrogen and oxygen atoms in total. The van der Waals surface area contributed by atoms with Gasteiger partial charge in [-0.3, -0.25) is 0 Å². The van der Waals surface area contributed by atoms with Crippen LogP contribution in [0.4, 0.5) is 0 Å². The van der Waals surface area contributed by atoms with Gasteiger partial charge in [0.15, 0.2) is 0 Å². The first-order valence-electron chi connectivity index (χ1n) is 4.79. The fourth-order valence-corrected chi connectivity index (χ4v) is 1.57. The van der Waals surface area contributed by atoms with Crippen LogP contribution in [0.2, 0.25) is 0 Å². The van der Waals surface area contributed by atoms with Crippen LogP contribution in [-0.2, 0) is 6.42 Å². The highest BCUT2D eigenvalue weighted by Crippen LogP contribution is 2.13. The van der Waals surface area contributed by atoms with Gasteiger partial charge in [-0.15, -0.1) is 0 Å². The molecular formula is C12H14N2. The standard InChI is InChI=1S/C12H14N2/c1-9-3-4-10(2)11(5-9)6-12-7-13-8-14-12/h3-5,7-8H,6H2,1-2H3,(H,13,14). The molecular weight excluding hydrogens is 172 g/mol. The van der Waals surface area contributed by atoms with Gasteiger partial charge in [0.05, 0.1) is 12.0 Å². The lowest BCUT2D eigenvalue weighted by atomic mass is 10.0. The third kappa shape index (κ3) is 1.84. The lowest BCUT2D eigenvalue weighted by molar-refractivity contribution is 1.08. The Balaban J connectivity index is 2.28. The van der Waals surface area contributed by atoms with E-state index in [1.807, 2.05) is 6.20 Å². The molecule has 0 aliphatic heterocycles. The van der Waals surface area contributed by atoms with Gasteiger partial charge in [0, 0.05) is 12.6 Å². The van der Waals surface area contributed by atoms with Crippen LogP contribution in [0, 0.1) is 13.8 Å². The van der Waals surface area contributed by atoms with Crippen LogP contribution in [0.15, 0.2) is 30.7 Å². The average molecular weight is 186 g/mol. The number of benzene rings is 1. The molecule has 2 heteroatoms. The lowest BCUT2D eigenvalue weighted by Gasteiger charge is -2.04.